The molecule has 0 fully saturated rings. The number of hydrogen-bond acceptors (Lipinski definition) is 1. The average molecular weight is 636 g/mol. The van der Waals surface area contributed by atoms with E-state index in [0.717, 1.165) is 18.4 Å². The van der Waals surface area contributed by atoms with Crippen molar-refractivity contribution >= 4 is 17.4 Å². The highest BCUT2D eigenvalue weighted by atomic mass is 14.7. The number of aliphatic imine (C=N–C) groups is 1. The Bertz CT molecular complexity index is 1740. The largest absolute Gasteiger partial charge is 0.288 e. The zero-order valence-corrected chi connectivity index (χ0v) is 31.5. The van der Waals surface area contributed by atoms with E-state index in [1.54, 1.807) is 0 Å². The van der Waals surface area contributed by atoms with Crippen LogP contribution in [0.15, 0.2) is 108 Å². The van der Waals surface area contributed by atoms with Gasteiger partial charge in [-0.2, -0.15) is 0 Å². The third-order valence-electron chi connectivity index (χ3n) is 9.66. The summed E-state index contributed by atoms with van der Waals surface area (Å²) in [7, 11) is 0. The van der Waals surface area contributed by atoms with Gasteiger partial charge in [0.1, 0.15) is 0 Å². The van der Waals surface area contributed by atoms with Crippen molar-refractivity contribution in [2.24, 2.45) is 15.8 Å². The van der Waals surface area contributed by atoms with E-state index in [9.17, 15) is 0 Å². The van der Waals surface area contributed by atoms with Gasteiger partial charge in [0.25, 0.3) is 0 Å². The van der Waals surface area contributed by atoms with Crippen LogP contribution in [0.5, 0.6) is 0 Å². The van der Waals surface area contributed by atoms with Crippen molar-refractivity contribution in [2.45, 2.75) is 106 Å². The van der Waals surface area contributed by atoms with Crippen LogP contribution in [0.2, 0.25) is 0 Å². The summed E-state index contributed by atoms with van der Waals surface area (Å²) in [5, 5.41) is 0. The molecule has 0 saturated carbocycles. The zero-order valence-electron chi connectivity index (χ0n) is 31.5. The fourth-order valence-electron chi connectivity index (χ4n) is 8.01. The molecule has 5 rings (SSSR count). The van der Waals surface area contributed by atoms with E-state index >= 15 is 0 Å². The molecule has 1 nitrogen and oxygen atoms in total. The van der Waals surface area contributed by atoms with Crippen molar-refractivity contribution < 1.29 is 0 Å². The van der Waals surface area contributed by atoms with E-state index in [1.807, 2.05) is 0 Å². The van der Waals surface area contributed by atoms with Gasteiger partial charge < -0.3 is 0 Å². The van der Waals surface area contributed by atoms with E-state index in [-0.39, 0.29) is 21.7 Å². The van der Waals surface area contributed by atoms with Gasteiger partial charge in [-0.3, -0.25) is 4.99 Å². The lowest BCUT2D eigenvalue weighted by atomic mass is 9.72. The predicted octanol–water partition coefficient (Wildman–Crippen LogP) is 13.5. The lowest BCUT2D eigenvalue weighted by Gasteiger charge is -2.33. The normalized spacial score (nSPS) is 17.2. The SMILES string of the molecule is C\C1=C/C=C(c2cc(-c3ccc(C(C)(C)CC(C)(C)C)cc3)cc(-c3ccc(C(C)(C)CC(C)(C)C)cc3)c2)\C=N\Cc2ccccc21. The van der Waals surface area contributed by atoms with Gasteiger partial charge in [0.15, 0.2) is 0 Å². The smallest absolute Gasteiger partial charge is 0.0645 e. The van der Waals surface area contributed by atoms with Gasteiger partial charge in [0.05, 0.1) is 6.54 Å². The predicted molar refractivity (Wildman–Crippen MR) is 212 cm³/mol. The number of allylic oxidation sites excluding steroid dienone is 4. The molecule has 4 aromatic carbocycles. The van der Waals surface area contributed by atoms with Gasteiger partial charge in [-0.05, 0) is 121 Å². The van der Waals surface area contributed by atoms with E-state index < -0.39 is 0 Å². The highest BCUT2D eigenvalue weighted by molar-refractivity contribution is 6.11. The fourth-order valence-corrected chi connectivity index (χ4v) is 8.01. The molecule has 1 heterocycles. The van der Waals surface area contributed by atoms with Crippen LogP contribution in [0.3, 0.4) is 0 Å². The molecular weight excluding hydrogens is 579 g/mol. The first-order valence-corrected chi connectivity index (χ1v) is 17.7. The first kappa shape index (κ1) is 35.3. The summed E-state index contributed by atoms with van der Waals surface area (Å²) >= 11 is 0. The molecule has 1 aliphatic heterocycles. The van der Waals surface area contributed by atoms with E-state index in [4.69, 9.17) is 4.99 Å². The molecule has 250 valence electrons. The van der Waals surface area contributed by atoms with Gasteiger partial charge in [-0.1, -0.05) is 154 Å². The highest BCUT2D eigenvalue weighted by Crippen LogP contribution is 2.39. The number of rotatable bonds is 7. The monoisotopic (exact) mass is 635 g/mol. The molecule has 0 amide bonds. The van der Waals surface area contributed by atoms with Crippen molar-refractivity contribution in [1.82, 2.24) is 0 Å². The lowest BCUT2D eigenvalue weighted by molar-refractivity contribution is 0.283. The molecule has 1 heteroatoms. The molecule has 0 bridgehead atoms. The van der Waals surface area contributed by atoms with Crippen molar-refractivity contribution in [3.05, 3.63) is 131 Å². The topological polar surface area (TPSA) is 12.4 Å². The maximum atomic E-state index is 4.94. The number of nitrogens with zero attached hydrogens (tertiary/aromatic N) is 1. The molecule has 0 spiro atoms. The molecule has 0 aromatic heterocycles. The Morgan fingerprint density at radius 1 is 0.521 bits per heavy atom. The summed E-state index contributed by atoms with van der Waals surface area (Å²) in [6.45, 7) is 26.3. The fraction of sp³-hybridized carbons (Fsp3) is 0.383. The lowest BCUT2D eigenvalue weighted by Crippen LogP contribution is -2.24. The van der Waals surface area contributed by atoms with Crippen molar-refractivity contribution in [3.8, 4) is 22.3 Å². The number of fused-ring (bicyclic) bond motifs is 1. The van der Waals surface area contributed by atoms with Gasteiger partial charge in [-0.25, -0.2) is 0 Å². The Morgan fingerprint density at radius 3 is 1.46 bits per heavy atom. The maximum Gasteiger partial charge on any atom is 0.0645 e. The van der Waals surface area contributed by atoms with Gasteiger partial charge in [0, 0.05) is 6.21 Å². The second-order valence-electron chi connectivity index (χ2n) is 17.8. The summed E-state index contributed by atoms with van der Waals surface area (Å²) in [6.07, 6.45) is 8.80. The van der Waals surface area contributed by atoms with E-state index in [2.05, 4.69) is 186 Å². The molecule has 0 radical (unpaired) electrons. The van der Waals surface area contributed by atoms with Crippen LogP contribution in [-0.2, 0) is 17.4 Å². The first-order chi connectivity index (χ1) is 22.4. The van der Waals surface area contributed by atoms with Crippen LogP contribution < -0.4 is 0 Å². The van der Waals surface area contributed by atoms with Crippen molar-refractivity contribution in [3.63, 3.8) is 0 Å². The Balaban J connectivity index is 1.59. The third kappa shape index (κ3) is 8.73. The Labute approximate surface area is 292 Å². The molecule has 1 aliphatic rings. The quantitative estimate of drug-likeness (QED) is 0.192. The van der Waals surface area contributed by atoms with Crippen LogP contribution in [0.4, 0.5) is 0 Å². The summed E-state index contributed by atoms with van der Waals surface area (Å²) in [6, 6.07) is 34.2. The highest BCUT2D eigenvalue weighted by Gasteiger charge is 2.28. The summed E-state index contributed by atoms with van der Waals surface area (Å²) < 4.78 is 0. The number of benzene rings is 4. The summed E-state index contributed by atoms with van der Waals surface area (Å²) in [5.74, 6) is 0. The second-order valence-corrected chi connectivity index (χ2v) is 17.8. The minimum atomic E-state index is 0.104. The summed E-state index contributed by atoms with van der Waals surface area (Å²) in [5.41, 5.74) is 14.5. The standard InChI is InChI=1S/C47H57N/c1-33-16-17-36(29-48-30-37-14-12-13-15-43(33)37)40-27-38(34-18-22-41(23-19-34)46(8,9)31-44(2,3)4)26-39(28-40)35-20-24-42(25-21-35)47(10,11)32-45(5,6)7/h12-29H,30-32H2,1-11H3/b33-16+,36-17+,48-29+. The van der Waals surface area contributed by atoms with Gasteiger partial charge in [0.2, 0.25) is 0 Å². The van der Waals surface area contributed by atoms with E-state index in [0.29, 0.717) is 6.54 Å². The van der Waals surface area contributed by atoms with E-state index in [1.165, 1.54) is 55.6 Å². The first-order valence-electron chi connectivity index (χ1n) is 17.7. The van der Waals surface area contributed by atoms with Crippen LogP contribution >= 0.6 is 0 Å². The van der Waals surface area contributed by atoms with Crippen LogP contribution in [0.1, 0.15) is 117 Å². The molecule has 48 heavy (non-hydrogen) atoms. The molecule has 0 saturated heterocycles. The third-order valence-corrected chi connectivity index (χ3v) is 9.66. The maximum absolute atomic E-state index is 4.94. The van der Waals surface area contributed by atoms with Crippen LogP contribution in [0, 0.1) is 10.8 Å². The Morgan fingerprint density at radius 2 is 0.979 bits per heavy atom. The van der Waals surface area contributed by atoms with Crippen molar-refractivity contribution in [1.29, 1.82) is 0 Å². The molecule has 4 aromatic rings. The van der Waals surface area contributed by atoms with Crippen molar-refractivity contribution in [2.75, 3.05) is 0 Å². The summed E-state index contributed by atoms with van der Waals surface area (Å²) in [4.78, 5) is 4.94. The van der Waals surface area contributed by atoms with Crippen LogP contribution in [-0.4, -0.2) is 6.21 Å². The molecular formula is C47H57N. The minimum Gasteiger partial charge on any atom is -0.288 e. The average Bonchev–Trinajstić information content (AvgIpc) is 3.08. The zero-order chi connectivity index (χ0) is 34.9. The second kappa shape index (κ2) is 13.5. The van der Waals surface area contributed by atoms with Gasteiger partial charge in [-0.15, -0.1) is 0 Å². The van der Waals surface area contributed by atoms with Crippen LogP contribution in [0.25, 0.3) is 33.4 Å². The molecule has 0 unspecified atom stereocenters. The number of hydrogen-bond donors (Lipinski definition) is 0. The van der Waals surface area contributed by atoms with Gasteiger partial charge >= 0.3 is 0 Å². The molecule has 0 N–H and O–H groups in total. The molecule has 0 aliphatic carbocycles. The Hall–Kier alpha value is -3.97. The molecule has 0 atom stereocenters. The minimum absolute atomic E-state index is 0.104. The Kier molecular flexibility index (Phi) is 9.94.